The average molecular weight is 544 g/mol. The Labute approximate surface area is 244 Å². The van der Waals surface area contributed by atoms with Crippen molar-refractivity contribution < 1.29 is 9.53 Å². The summed E-state index contributed by atoms with van der Waals surface area (Å²) in [6, 6.07) is 14.5. The first-order valence-corrected chi connectivity index (χ1v) is 16.4. The fraction of sp³-hybridized carbons (Fsp3) is 0.595. The van der Waals surface area contributed by atoms with Crippen LogP contribution in [0, 0.1) is 0 Å². The van der Waals surface area contributed by atoms with Crippen molar-refractivity contribution in [3.63, 3.8) is 0 Å². The van der Waals surface area contributed by atoms with Gasteiger partial charge in [0.25, 0.3) is 0 Å². The molecular formula is C37H53NO2. The van der Waals surface area contributed by atoms with Crippen LogP contribution in [0.3, 0.4) is 0 Å². The van der Waals surface area contributed by atoms with Crippen molar-refractivity contribution in [1.29, 1.82) is 0 Å². The summed E-state index contributed by atoms with van der Waals surface area (Å²) in [5, 5.41) is 0. The summed E-state index contributed by atoms with van der Waals surface area (Å²) in [5.74, 6) is 0.853. The van der Waals surface area contributed by atoms with Gasteiger partial charge in [-0.3, -0.25) is 4.79 Å². The second kappa shape index (κ2) is 14.9. The minimum Gasteiger partial charge on any atom is -0.463 e. The Hall–Kier alpha value is -2.55. The number of aldehydes is 1. The number of ether oxygens (including phenoxy) is 1. The number of benzene rings is 2. The lowest BCUT2D eigenvalue weighted by atomic mass is 9.76. The molecule has 0 N–H and O–H groups in total. The molecule has 218 valence electrons. The number of carbonyl (C=O) groups excluding carboxylic acids is 1. The van der Waals surface area contributed by atoms with E-state index in [9.17, 15) is 4.79 Å². The van der Waals surface area contributed by atoms with Gasteiger partial charge in [-0.15, -0.1) is 0 Å². The Morgan fingerprint density at radius 3 is 1.93 bits per heavy atom. The number of rotatable bonds is 18. The summed E-state index contributed by atoms with van der Waals surface area (Å²) >= 11 is 0. The van der Waals surface area contributed by atoms with E-state index in [2.05, 4.69) is 62.1 Å². The van der Waals surface area contributed by atoms with E-state index in [0.29, 0.717) is 5.56 Å². The van der Waals surface area contributed by atoms with Crippen LogP contribution in [0.4, 0.5) is 5.69 Å². The highest BCUT2D eigenvalue weighted by atomic mass is 16.5. The lowest BCUT2D eigenvalue weighted by molar-refractivity contribution is 0.0531. The predicted octanol–water partition coefficient (Wildman–Crippen LogP) is 10.7. The molecule has 0 saturated heterocycles. The Balaban J connectivity index is 1.21. The van der Waals surface area contributed by atoms with Crippen LogP contribution in [0.1, 0.15) is 145 Å². The Bertz CT molecular complexity index is 1100. The highest BCUT2D eigenvalue weighted by Gasteiger charge is 2.58. The number of hydrogen-bond acceptors (Lipinski definition) is 3. The zero-order valence-electron chi connectivity index (χ0n) is 25.6. The number of para-hydroxylation sites is 1. The van der Waals surface area contributed by atoms with Crippen LogP contribution in [0.25, 0.3) is 6.08 Å². The number of nitrogens with zero attached hydrogens (tertiary/aromatic N) is 1. The van der Waals surface area contributed by atoms with E-state index >= 15 is 0 Å². The van der Waals surface area contributed by atoms with Gasteiger partial charge in [-0.25, -0.2) is 0 Å². The van der Waals surface area contributed by atoms with Crippen LogP contribution in [0.5, 0.6) is 5.75 Å². The van der Waals surface area contributed by atoms with Gasteiger partial charge in [0.15, 0.2) is 0 Å². The molecule has 3 nitrogen and oxygen atoms in total. The predicted molar refractivity (Wildman–Crippen MR) is 171 cm³/mol. The molecule has 40 heavy (non-hydrogen) atoms. The van der Waals surface area contributed by atoms with Gasteiger partial charge in [-0.05, 0) is 62.2 Å². The molecule has 0 bridgehead atoms. The first kappa shape index (κ1) is 30.4. The minimum absolute atomic E-state index is 0.212. The number of hydrogen-bond donors (Lipinski definition) is 0. The summed E-state index contributed by atoms with van der Waals surface area (Å²) in [5.41, 5.74) is 3.50. The number of anilines is 1. The highest BCUT2D eigenvalue weighted by Crippen LogP contribution is 2.54. The van der Waals surface area contributed by atoms with Crippen LogP contribution in [-0.4, -0.2) is 18.6 Å². The Morgan fingerprint density at radius 1 is 0.750 bits per heavy atom. The summed E-state index contributed by atoms with van der Waals surface area (Å²) in [7, 11) is 0. The van der Waals surface area contributed by atoms with E-state index in [-0.39, 0.29) is 5.41 Å². The SMILES string of the molecule is CCCCCCCCCCCCCCCCCCN1c2ccccc2C(C)(C)[C@]12C=Cc1cc(C=O)ccc1O2. The zero-order chi connectivity index (χ0) is 28.3. The molecule has 1 spiro atoms. The van der Waals surface area contributed by atoms with Crippen molar-refractivity contribution in [2.45, 2.75) is 135 Å². The van der Waals surface area contributed by atoms with Crippen molar-refractivity contribution in [3.05, 3.63) is 65.2 Å². The summed E-state index contributed by atoms with van der Waals surface area (Å²) < 4.78 is 6.89. The Morgan fingerprint density at radius 2 is 1.32 bits per heavy atom. The zero-order valence-corrected chi connectivity index (χ0v) is 25.6. The van der Waals surface area contributed by atoms with Crippen LogP contribution in [0.2, 0.25) is 0 Å². The van der Waals surface area contributed by atoms with E-state index in [1.165, 1.54) is 114 Å². The van der Waals surface area contributed by atoms with Crippen LogP contribution in [-0.2, 0) is 5.41 Å². The van der Waals surface area contributed by atoms with E-state index in [0.717, 1.165) is 24.1 Å². The molecule has 0 saturated carbocycles. The van der Waals surface area contributed by atoms with Gasteiger partial charge in [0.2, 0.25) is 5.72 Å². The summed E-state index contributed by atoms with van der Waals surface area (Å²) in [4.78, 5) is 13.8. The van der Waals surface area contributed by atoms with Gasteiger partial charge in [-0.1, -0.05) is 121 Å². The summed E-state index contributed by atoms with van der Waals surface area (Å²) in [6.07, 6.45) is 27.4. The maximum absolute atomic E-state index is 11.3. The molecule has 4 rings (SSSR count). The van der Waals surface area contributed by atoms with E-state index in [1.54, 1.807) is 0 Å². The van der Waals surface area contributed by atoms with Gasteiger partial charge in [0, 0.05) is 23.4 Å². The van der Waals surface area contributed by atoms with Gasteiger partial charge in [-0.2, -0.15) is 0 Å². The molecule has 2 heterocycles. The van der Waals surface area contributed by atoms with Crippen molar-refractivity contribution in [1.82, 2.24) is 0 Å². The second-order valence-corrected chi connectivity index (χ2v) is 12.6. The largest absolute Gasteiger partial charge is 0.463 e. The minimum atomic E-state index is -0.568. The molecule has 2 aliphatic rings. The molecule has 3 heteroatoms. The van der Waals surface area contributed by atoms with Gasteiger partial charge in [0.1, 0.15) is 12.0 Å². The molecule has 2 aromatic carbocycles. The highest BCUT2D eigenvalue weighted by molar-refractivity contribution is 5.79. The fourth-order valence-electron chi connectivity index (χ4n) is 6.80. The second-order valence-electron chi connectivity index (χ2n) is 12.6. The normalized spacial score (nSPS) is 18.5. The molecule has 1 atom stereocenters. The van der Waals surface area contributed by atoms with E-state index in [1.807, 2.05) is 18.2 Å². The molecule has 0 unspecified atom stereocenters. The quantitative estimate of drug-likeness (QED) is 0.138. The molecule has 0 amide bonds. The van der Waals surface area contributed by atoms with Crippen molar-refractivity contribution in [2.24, 2.45) is 0 Å². The van der Waals surface area contributed by atoms with Crippen molar-refractivity contribution in [2.75, 3.05) is 11.4 Å². The van der Waals surface area contributed by atoms with E-state index < -0.39 is 5.72 Å². The van der Waals surface area contributed by atoms with Crippen molar-refractivity contribution >= 4 is 18.0 Å². The number of unbranched alkanes of at least 4 members (excludes halogenated alkanes) is 15. The molecule has 0 fully saturated rings. The molecular weight excluding hydrogens is 490 g/mol. The lowest BCUT2D eigenvalue weighted by Gasteiger charge is -2.47. The topological polar surface area (TPSA) is 29.5 Å². The fourth-order valence-corrected chi connectivity index (χ4v) is 6.80. The molecule has 0 aliphatic carbocycles. The molecule has 0 aromatic heterocycles. The molecule has 0 radical (unpaired) electrons. The lowest BCUT2D eigenvalue weighted by Crippen LogP contribution is -2.59. The van der Waals surface area contributed by atoms with Crippen LogP contribution >= 0.6 is 0 Å². The smallest absolute Gasteiger partial charge is 0.212 e. The first-order valence-electron chi connectivity index (χ1n) is 16.4. The summed E-state index contributed by atoms with van der Waals surface area (Å²) in [6.45, 7) is 7.87. The monoisotopic (exact) mass is 543 g/mol. The maximum Gasteiger partial charge on any atom is 0.212 e. The Kier molecular flexibility index (Phi) is 11.3. The van der Waals surface area contributed by atoms with E-state index in [4.69, 9.17) is 4.74 Å². The number of fused-ring (bicyclic) bond motifs is 2. The third-order valence-electron chi connectivity index (χ3n) is 9.32. The molecule has 2 aromatic rings. The van der Waals surface area contributed by atoms with Crippen molar-refractivity contribution in [3.8, 4) is 5.75 Å². The average Bonchev–Trinajstić information content (AvgIpc) is 3.15. The van der Waals surface area contributed by atoms with Crippen LogP contribution < -0.4 is 9.64 Å². The van der Waals surface area contributed by atoms with Gasteiger partial charge in [0.05, 0.1) is 5.41 Å². The van der Waals surface area contributed by atoms with Gasteiger partial charge >= 0.3 is 0 Å². The maximum atomic E-state index is 11.3. The standard InChI is InChI=1S/C37H53NO2/c1-4-5-6-7-8-9-10-11-12-13-14-15-16-17-18-21-28-38-34-23-20-19-22-33(34)36(2,3)37(38)27-26-32-29-31(30-39)24-25-35(32)40-37/h19-20,22-27,29-30H,4-18,21,28H2,1-3H3/t37-/m1/s1. The number of carbonyl (C=O) groups is 1. The first-order chi connectivity index (χ1) is 19.5. The third kappa shape index (κ3) is 7.01. The third-order valence-corrected chi connectivity index (χ3v) is 9.32. The van der Waals surface area contributed by atoms with Gasteiger partial charge < -0.3 is 9.64 Å². The van der Waals surface area contributed by atoms with Crippen LogP contribution in [0.15, 0.2) is 48.5 Å². The molecule has 2 aliphatic heterocycles.